The number of allylic oxidation sites excluding steroid dienone is 1. The van der Waals surface area contributed by atoms with Crippen LogP contribution in [0.5, 0.6) is 5.75 Å². The Kier molecular flexibility index (Phi) is 4.66. The fraction of sp³-hybridized carbons (Fsp3) is 0.200. The van der Waals surface area contributed by atoms with Gasteiger partial charge in [-0.15, -0.1) is 0 Å². The smallest absolute Gasteiger partial charge is 0.142 e. The van der Waals surface area contributed by atoms with Crippen molar-refractivity contribution in [2.24, 2.45) is 4.99 Å². The minimum absolute atomic E-state index is 0.138. The highest BCUT2D eigenvalue weighted by atomic mass is 35.5. The van der Waals surface area contributed by atoms with Gasteiger partial charge in [-0.2, -0.15) is 0 Å². The highest BCUT2D eigenvalue weighted by Gasteiger charge is 2.26. The van der Waals surface area contributed by atoms with E-state index in [1.807, 2.05) is 12.1 Å². The minimum Gasteiger partial charge on any atom is -0.496 e. The quantitative estimate of drug-likeness (QED) is 0.674. The van der Waals surface area contributed by atoms with Gasteiger partial charge in [-0.1, -0.05) is 17.7 Å². The number of benzene rings is 1. The number of hydrogen-bond acceptors (Lipinski definition) is 3. The van der Waals surface area contributed by atoms with E-state index in [0.717, 1.165) is 16.5 Å². The predicted molar refractivity (Wildman–Crippen MR) is 103 cm³/mol. The average molecular weight is 388 g/mol. The van der Waals surface area contributed by atoms with Crippen molar-refractivity contribution >= 4 is 34.4 Å². The van der Waals surface area contributed by atoms with Gasteiger partial charge in [0.2, 0.25) is 0 Å². The second-order valence-corrected chi connectivity index (χ2v) is 6.58. The summed E-state index contributed by atoms with van der Waals surface area (Å²) in [6.45, 7) is -0.128. The number of aliphatic imine (C=N–C) groups is 1. The number of halogens is 3. The van der Waals surface area contributed by atoms with Crippen LogP contribution in [0.3, 0.4) is 0 Å². The number of nitrogens with zero attached hydrogens (tertiary/aromatic N) is 2. The Hall–Kier alpha value is -2.73. The van der Waals surface area contributed by atoms with Crippen LogP contribution in [0.15, 0.2) is 41.7 Å². The molecule has 3 aromatic rings. The van der Waals surface area contributed by atoms with Crippen LogP contribution < -0.4 is 4.74 Å². The zero-order chi connectivity index (χ0) is 19.0. The van der Waals surface area contributed by atoms with Crippen LogP contribution >= 0.6 is 11.6 Å². The Bertz CT molecular complexity index is 1070. The van der Waals surface area contributed by atoms with Gasteiger partial charge in [-0.3, -0.25) is 9.38 Å². The molecular weight excluding hydrogens is 372 g/mol. The fourth-order valence-electron chi connectivity index (χ4n) is 3.38. The van der Waals surface area contributed by atoms with Crippen LogP contribution in [0, 0.1) is 5.82 Å². The van der Waals surface area contributed by atoms with Gasteiger partial charge in [0.1, 0.15) is 23.9 Å². The molecule has 7 heteroatoms. The predicted octanol–water partition coefficient (Wildman–Crippen LogP) is 4.93. The first-order valence-electron chi connectivity index (χ1n) is 8.39. The van der Waals surface area contributed by atoms with Gasteiger partial charge in [-0.25, -0.2) is 9.37 Å². The van der Waals surface area contributed by atoms with Crippen molar-refractivity contribution in [3.8, 4) is 5.75 Å². The molecule has 0 amide bonds. The van der Waals surface area contributed by atoms with Crippen LogP contribution in [0.2, 0.25) is 5.02 Å². The van der Waals surface area contributed by atoms with E-state index in [9.17, 15) is 8.78 Å². The van der Waals surface area contributed by atoms with E-state index in [1.165, 1.54) is 19.2 Å². The monoisotopic (exact) mass is 387 g/mol. The number of methoxy groups -OCH3 is 1. The molecule has 0 radical (unpaired) electrons. The van der Waals surface area contributed by atoms with E-state index >= 15 is 0 Å². The van der Waals surface area contributed by atoms with Crippen molar-refractivity contribution in [2.75, 3.05) is 20.3 Å². The molecule has 4 nitrogen and oxygen atoms in total. The number of H-pyrrole nitrogens is 1. The summed E-state index contributed by atoms with van der Waals surface area (Å²) < 4.78 is 33.5. The summed E-state index contributed by atoms with van der Waals surface area (Å²) in [4.78, 5) is 11.7. The van der Waals surface area contributed by atoms with Crippen molar-refractivity contribution in [3.63, 3.8) is 0 Å². The third-order valence-corrected chi connectivity index (χ3v) is 5.12. The summed E-state index contributed by atoms with van der Waals surface area (Å²) >= 11 is 6.18. The lowest BCUT2D eigenvalue weighted by Gasteiger charge is -2.19. The Morgan fingerprint density at radius 1 is 1.37 bits per heavy atom. The number of ether oxygens (including phenoxy) is 1. The normalized spacial score (nSPS) is 14.6. The maximum absolute atomic E-state index is 14.2. The van der Waals surface area contributed by atoms with Crippen molar-refractivity contribution in [1.82, 2.24) is 9.97 Å². The molecule has 1 aromatic carbocycles. The lowest BCUT2D eigenvalue weighted by Crippen LogP contribution is -2.07. The van der Waals surface area contributed by atoms with Crippen LogP contribution in [-0.2, 0) is 0 Å². The molecular formula is C20H16ClF2N3O. The molecule has 3 heterocycles. The van der Waals surface area contributed by atoms with Gasteiger partial charge in [0.15, 0.2) is 0 Å². The van der Waals surface area contributed by atoms with Gasteiger partial charge in [0.05, 0.1) is 18.7 Å². The van der Waals surface area contributed by atoms with Crippen LogP contribution in [0.4, 0.5) is 8.78 Å². The number of pyridine rings is 1. The summed E-state index contributed by atoms with van der Waals surface area (Å²) in [5.41, 5.74) is 3.40. The highest BCUT2D eigenvalue weighted by molar-refractivity contribution is 6.31. The molecule has 1 atom stereocenters. The number of fused-ring (bicyclic) bond motifs is 1. The molecule has 0 bridgehead atoms. The van der Waals surface area contributed by atoms with Crippen molar-refractivity contribution in [1.29, 1.82) is 0 Å². The number of alkyl halides is 1. The second-order valence-electron chi connectivity index (χ2n) is 6.20. The van der Waals surface area contributed by atoms with E-state index < -0.39 is 18.4 Å². The van der Waals surface area contributed by atoms with Gasteiger partial charge < -0.3 is 9.72 Å². The molecule has 0 fully saturated rings. The number of aromatic amines is 1. The van der Waals surface area contributed by atoms with Crippen molar-refractivity contribution in [3.05, 3.63) is 64.2 Å². The molecule has 0 spiro atoms. The summed E-state index contributed by atoms with van der Waals surface area (Å²) in [7, 11) is 1.45. The standard InChI is InChI=1S/C20H16ClF2N3O/c1-27-17-3-2-16(23)19(21)18(17)14(7-22)15-10-26-20-13(15)6-12(9-25-20)11-4-5-24-8-11/h2-4,6,8-10,14H,5,7H2,1H3,(H,25,26)/t14-/m0/s1. The number of rotatable bonds is 5. The average Bonchev–Trinajstić information content (AvgIpc) is 3.36. The fourth-order valence-corrected chi connectivity index (χ4v) is 3.67. The number of hydrogen-bond donors (Lipinski definition) is 1. The first-order valence-corrected chi connectivity index (χ1v) is 8.77. The first kappa shape index (κ1) is 17.7. The van der Waals surface area contributed by atoms with E-state index in [0.29, 0.717) is 23.5 Å². The second kappa shape index (κ2) is 7.12. The maximum Gasteiger partial charge on any atom is 0.142 e. The van der Waals surface area contributed by atoms with E-state index in [4.69, 9.17) is 16.3 Å². The topological polar surface area (TPSA) is 50.3 Å². The third-order valence-electron chi connectivity index (χ3n) is 4.73. The van der Waals surface area contributed by atoms with Gasteiger partial charge in [0, 0.05) is 41.0 Å². The third kappa shape index (κ3) is 3.00. The van der Waals surface area contributed by atoms with Gasteiger partial charge in [-0.05, 0) is 29.3 Å². The molecule has 0 unspecified atom stereocenters. The zero-order valence-corrected chi connectivity index (χ0v) is 15.2. The summed E-state index contributed by atoms with van der Waals surface area (Å²) in [5.74, 6) is -1.06. The molecule has 1 aliphatic rings. The Balaban J connectivity index is 1.89. The molecule has 4 rings (SSSR count). The molecule has 27 heavy (non-hydrogen) atoms. The zero-order valence-electron chi connectivity index (χ0n) is 14.5. The molecule has 1 N–H and O–H groups in total. The summed E-state index contributed by atoms with van der Waals surface area (Å²) in [6, 6.07) is 4.60. The lowest BCUT2D eigenvalue weighted by atomic mass is 9.91. The summed E-state index contributed by atoms with van der Waals surface area (Å²) in [6.07, 6.45) is 7.21. The van der Waals surface area contributed by atoms with Crippen LogP contribution in [0.1, 0.15) is 22.6 Å². The number of aromatic nitrogens is 2. The maximum atomic E-state index is 14.2. The lowest BCUT2D eigenvalue weighted by molar-refractivity contribution is 0.396. The highest BCUT2D eigenvalue weighted by Crippen LogP contribution is 2.41. The van der Waals surface area contributed by atoms with E-state index in [1.54, 1.807) is 18.6 Å². The SMILES string of the molecule is COc1ccc(F)c(Cl)c1[C@@H](CF)c1c[nH]c2ncc(C3=CCN=C3)cc12. The molecule has 0 saturated carbocycles. The molecule has 2 aromatic heterocycles. The summed E-state index contributed by atoms with van der Waals surface area (Å²) in [5, 5.41) is 0.611. The first-order chi connectivity index (χ1) is 13.1. The largest absolute Gasteiger partial charge is 0.496 e. The van der Waals surface area contributed by atoms with Crippen LogP contribution in [-0.4, -0.2) is 36.5 Å². The van der Waals surface area contributed by atoms with E-state index in [-0.39, 0.29) is 10.6 Å². The van der Waals surface area contributed by atoms with Crippen LogP contribution in [0.25, 0.3) is 16.6 Å². The number of nitrogens with one attached hydrogen (secondary N) is 1. The molecule has 1 aliphatic heterocycles. The molecule has 0 aliphatic carbocycles. The molecule has 138 valence electrons. The van der Waals surface area contributed by atoms with Gasteiger partial charge >= 0.3 is 0 Å². The van der Waals surface area contributed by atoms with Crippen molar-refractivity contribution < 1.29 is 13.5 Å². The molecule has 0 saturated heterocycles. The van der Waals surface area contributed by atoms with E-state index in [2.05, 4.69) is 15.0 Å². The van der Waals surface area contributed by atoms with Gasteiger partial charge in [0.25, 0.3) is 0 Å². The Labute approximate surface area is 159 Å². The van der Waals surface area contributed by atoms with Crippen molar-refractivity contribution in [2.45, 2.75) is 5.92 Å². The minimum atomic E-state index is -0.792. The Morgan fingerprint density at radius 2 is 2.22 bits per heavy atom. The Morgan fingerprint density at radius 3 is 2.93 bits per heavy atom.